The van der Waals surface area contributed by atoms with Crippen molar-refractivity contribution in [3.05, 3.63) is 29.1 Å². The number of amides is 1. The van der Waals surface area contributed by atoms with Crippen LogP contribution >= 0.6 is 11.3 Å². The third-order valence-corrected chi connectivity index (χ3v) is 5.68. The van der Waals surface area contributed by atoms with Crippen LogP contribution < -0.4 is 10.6 Å². The molecular weight excluding hydrogens is 306 g/mol. The highest BCUT2D eigenvalue weighted by Crippen LogP contribution is 2.36. The minimum absolute atomic E-state index is 0.0788. The minimum Gasteiger partial charge on any atom is -0.359 e. The maximum absolute atomic E-state index is 11.8. The van der Waals surface area contributed by atoms with Crippen molar-refractivity contribution in [3.8, 4) is 11.3 Å². The molecule has 0 spiro atoms. The zero-order valence-electron chi connectivity index (χ0n) is 13.3. The molecule has 2 heterocycles. The molecule has 5 heteroatoms. The van der Waals surface area contributed by atoms with E-state index in [-0.39, 0.29) is 11.8 Å². The van der Waals surface area contributed by atoms with Gasteiger partial charge in [0.15, 0.2) is 5.13 Å². The molecule has 1 aromatic carbocycles. The standard InChI is InChI=1S/C18H21N3OS/c1-11-14-9-12(7-8-15(14)20-17(11)22)16-10-23-18(21-16)19-13-5-3-2-4-6-13/h7-11,13H,2-6H2,1H3,(H,19,21)(H,20,22)/t11-/m0/s1. The average molecular weight is 327 g/mol. The number of fused-ring (bicyclic) bond motifs is 1. The summed E-state index contributed by atoms with van der Waals surface area (Å²) in [6.45, 7) is 1.95. The summed E-state index contributed by atoms with van der Waals surface area (Å²) in [6.07, 6.45) is 6.50. The Balaban J connectivity index is 1.54. The summed E-state index contributed by atoms with van der Waals surface area (Å²) in [6, 6.07) is 6.69. The van der Waals surface area contributed by atoms with Crippen LogP contribution in [0.1, 0.15) is 50.5 Å². The summed E-state index contributed by atoms with van der Waals surface area (Å²) in [4.78, 5) is 16.5. The molecule has 1 aromatic heterocycles. The average Bonchev–Trinajstić information content (AvgIpc) is 3.14. The van der Waals surface area contributed by atoms with Gasteiger partial charge in [0.2, 0.25) is 5.91 Å². The number of nitrogens with zero attached hydrogens (tertiary/aromatic N) is 1. The molecule has 1 aliphatic heterocycles. The van der Waals surface area contributed by atoms with Gasteiger partial charge in [0.25, 0.3) is 0 Å². The number of benzene rings is 1. The van der Waals surface area contributed by atoms with Crippen molar-refractivity contribution in [2.24, 2.45) is 0 Å². The molecule has 1 amide bonds. The fourth-order valence-corrected chi connectivity index (χ4v) is 4.27. The molecule has 0 bridgehead atoms. The van der Waals surface area contributed by atoms with Crippen molar-refractivity contribution in [1.82, 2.24) is 4.98 Å². The molecule has 2 N–H and O–H groups in total. The van der Waals surface area contributed by atoms with Crippen LogP contribution in [0.25, 0.3) is 11.3 Å². The highest BCUT2D eigenvalue weighted by molar-refractivity contribution is 7.14. The van der Waals surface area contributed by atoms with Gasteiger partial charge >= 0.3 is 0 Å². The van der Waals surface area contributed by atoms with E-state index in [0.717, 1.165) is 27.6 Å². The first-order valence-corrected chi connectivity index (χ1v) is 9.26. The predicted molar refractivity (Wildman–Crippen MR) is 95.1 cm³/mol. The lowest BCUT2D eigenvalue weighted by molar-refractivity contribution is -0.116. The van der Waals surface area contributed by atoms with Gasteiger partial charge in [0, 0.05) is 22.7 Å². The van der Waals surface area contributed by atoms with Crippen molar-refractivity contribution >= 4 is 28.1 Å². The van der Waals surface area contributed by atoms with Crippen LogP contribution in [0, 0.1) is 0 Å². The summed E-state index contributed by atoms with van der Waals surface area (Å²) >= 11 is 1.67. The summed E-state index contributed by atoms with van der Waals surface area (Å²) in [7, 11) is 0. The second kappa shape index (κ2) is 5.96. The van der Waals surface area contributed by atoms with E-state index in [0.29, 0.717) is 6.04 Å². The zero-order chi connectivity index (χ0) is 15.8. The van der Waals surface area contributed by atoms with E-state index in [2.05, 4.69) is 22.1 Å². The number of rotatable bonds is 3. The van der Waals surface area contributed by atoms with Gasteiger partial charge in [0.1, 0.15) is 0 Å². The first-order chi connectivity index (χ1) is 11.2. The van der Waals surface area contributed by atoms with Gasteiger partial charge in [-0.25, -0.2) is 4.98 Å². The molecule has 1 atom stereocenters. The first kappa shape index (κ1) is 14.7. The van der Waals surface area contributed by atoms with E-state index in [4.69, 9.17) is 4.98 Å². The fourth-order valence-electron chi connectivity index (χ4n) is 3.47. The molecule has 1 fully saturated rings. The van der Waals surface area contributed by atoms with Crippen LogP contribution in [-0.2, 0) is 4.79 Å². The van der Waals surface area contributed by atoms with Crippen molar-refractivity contribution in [2.75, 3.05) is 10.6 Å². The van der Waals surface area contributed by atoms with E-state index in [1.807, 2.05) is 19.1 Å². The Hall–Kier alpha value is -1.88. The largest absolute Gasteiger partial charge is 0.359 e. The Morgan fingerprint density at radius 3 is 2.91 bits per heavy atom. The van der Waals surface area contributed by atoms with Crippen LogP contribution in [0.3, 0.4) is 0 Å². The molecule has 0 saturated heterocycles. The van der Waals surface area contributed by atoms with Gasteiger partial charge in [0.05, 0.1) is 11.6 Å². The molecular formula is C18H21N3OS. The van der Waals surface area contributed by atoms with Crippen LogP contribution in [0.4, 0.5) is 10.8 Å². The van der Waals surface area contributed by atoms with Crippen LogP contribution in [-0.4, -0.2) is 16.9 Å². The number of thiazole rings is 1. The smallest absolute Gasteiger partial charge is 0.231 e. The second-order valence-corrected chi connectivity index (χ2v) is 7.39. The molecule has 1 aliphatic carbocycles. The molecule has 23 heavy (non-hydrogen) atoms. The van der Waals surface area contributed by atoms with E-state index in [1.165, 1.54) is 32.1 Å². The van der Waals surface area contributed by atoms with Crippen molar-refractivity contribution in [3.63, 3.8) is 0 Å². The van der Waals surface area contributed by atoms with Gasteiger partial charge in [-0.2, -0.15) is 0 Å². The van der Waals surface area contributed by atoms with Gasteiger partial charge in [-0.05, 0) is 37.5 Å². The Morgan fingerprint density at radius 1 is 1.26 bits per heavy atom. The highest BCUT2D eigenvalue weighted by Gasteiger charge is 2.26. The van der Waals surface area contributed by atoms with Gasteiger partial charge in [-0.1, -0.05) is 25.3 Å². The number of hydrogen-bond donors (Lipinski definition) is 2. The first-order valence-electron chi connectivity index (χ1n) is 8.38. The molecule has 0 unspecified atom stereocenters. The lowest BCUT2D eigenvalue weighted by Gasteiger charge is -2.22. The molecule has 2 aliphatic rings. The third-order valence-electron chi connectivity index (χ3n) is 4.90. The lowest BCUT2D eigenvalue weighted by atomic mass is 9.96. The van der Waals surface area contributed by atoms with Gasteiger partial charge < -0.3 is 10.6 Å². The molecule has 1 saturated carbocycles. The molecule has 2 aromatic rings. The number of hydrogen-bond acceptors (Lipinski definition) is 4. The molecule has 120 valence electrons. The lowest BCUT2D eigenvalue weighted by Crippen LogP contribution is -2.21. The van der Waals surface area contributed by atoms with E-state index >= 15 is 0 Å². The SMILES string of the molecule is C[C@@H]1C(=O)Nc2ccc(-c3csc(NC4CCCCC4)n3)cc21. The third kappa shape index (κ3) is 2.85. The number of anilines is 2. The Morgan fingerprint density at radius 2 is 2.09 bits per heavy atom. The number of carbonyl (C=O) groups excluding carboxylic acids is 1. The van der Waals surface area contributed by atoms with Gasteiger partial charge in [-0.3, -0.25) is 4.79 Å². The maximum atomic E-state index is 11.8. The number of carbonyl (C=O) groups is 1. The fraction of sp³-hybridized carbons (Fsp3) is 0.444. The Kier molecular flexibility index (Phi) is 3.81. The zero-order valence-corrected chi connectivity index (χ0v) is 14.1. The Labute approximate surface area is 140 Å². The second-order valence-electron chi connectivity index (χ2n) is 6.53. The van der Waals surface area contributed by atoms with Crippen LogP contribution in [0.15, 0.2) is 23.6 Å². The molecule has 4 nitrogen and oxygen atoms in total. The molecule has 4 rings (SSSR count). The molecule has 0 radical (unpaired) electrons. The van der Waals surface area contributed by atoms with Crippen LogP contribution in [0.2, 0.25) is 0 Å². The van der Waals surface area contributed by atoms with Crippen molar-refractivity contribution in [1.29, 1.82) is 0 Å². The summed E-state index contributed by atoms with van der Waals surface area (Å²) in [5, 5.41) is 9.60. The summed E-state index contributed by atoms with van der Waals surface area (Å²) in [5.41, 5.74) is 4.08. The maximum Gasteiger partial charge on any atom is 0.231 e. The number of nitrogens with one attached hydrogen (secondary N) is 2. The highest BCUT2D eigenvalue weighted by atomic mass is 32.1. The van der Waals surface area contributed by atoms with E-state index in [1.54, 1.807) is 11.3 Å². The Bertz CT molecular complexity index is 734. The van der Waals surface area contributed by atoms with Crippen LogP contribution in [0.5, 0.6) is 0 Å². The summed E-state index contributed by atoms with van der Waals surface area (Å²) < 4.78 is 0. The normalized spacial score (nSPS) is 21.1. The topological polar surface area (TPSA) is 54.0 Å². The summed E-state index contributed by atoms with van der Waals surface area (Å²) in [5.74, 6) is -0.00139. The monoisotopic (exact) mass is 327 g/mol. The predicted octanol–water partition coefficient (Wildman–Crippen LogP) is 4.61. The van der Waals surface area contributed by atoms with E-state index in [9.17, 15) is 4.79 Å². The van der Waals surface area contributed by atoms with E-state index < -0.39 is 0 Å². The minimum atomic E-state index is -0.0802. The number of aromatic nitrogens is 1. The van der Waals surface area contributed by atoms with Gasteiger partial charge in [-0.15, -0.1) is 11.3 Å². The van der Waals surface area contributed by atoms with Crippen molar-refractivity contribution < 1.29 is 4.79 Å². The van der Waals surface area contributed by atoms with Crippen molar-refractivity contribution in [2.45, 2.75) is 51.0 Å². The quantitative estimate of drug-likeness (QED) is 0.865.